The molecular weight excluding hydrogens is 455 g/mol. The third-order valence-corrected chi connectivity index (χ3v) is 5.82. The van der Waals surface area contributed by atoms with Gasteiger partial charge in [-0.05, 0) is 47.9 Å². The van der Waals surface area contributed by atoms with Gasteiger partial charge in [-0.2, -0.15) is 13.2 Å². The van der Waals surface area contributed by atoms with Gasteiger partial charge < -0.3 is 15.0 Å². The van der Waals surface area contributed by atoms with E-state index in [-0.39, 0.29) is 41.8 Å². The van der Waals surface area contributed by atoms with E-state index in [1.165, 1.54) is 54.5 Å². The summed E-state index contributed by atoms with van der Waals surface area (Å²) in [6.07, 6.45) is -4.50. The highest BCUT2D eigenvalue weighted by Gasteiger charge is 2.43. The molecule has 0 spiro atoms. The van der Waals surface area contributed by atoms with Gasteiger partial charge in [-0.25, -0.2) is 0 Å². The highest BCUT2D eigenvalue weighted by molar-refractivity contribution is 6.06. The Morgan fingerprint density at radius 2 is 1.94 bits per heavy atom. The fourth-order valence-electron chi connectivity index (χ4n) is 4.11. The van der Waals surface area contributed by atoms with Gasteiger partial charge in [-0.1, -0.05) is 12.1 Å². The number of imide groups is 1. The number of methoxy groups -OCH3 is 1. The molecule has 34 heavy (non-hydrogen) atoms. The van der Waals surface area contributed by atoms with Crippen molar-refractivity contribution in [2.45, 2.75) is 37.6 Å². The van der Waals surface area contributed by atoms with Crippen LogP contribution in [0.25, 0.3) is 0 Å². The molecule has 0 aliphatic carbocycles. The van der Waals surface area contributed by atoms with Gasteiger partial charge in [0.1, 0.15) is 11.8 Å². The summed E-state index contributed by atoms with van der Waals surface area (Å²) < 4.78 is 46.2. The van der Waals surface area contributed by atoms with Crippen LogP contribution in [-0.2, 0) is 16.1 Å². The van der Waals surface area contributed by atoms with E-state index < -0.39 is 41.9 Å². The lowest BCUT2D eigenvalue weighted by atomic mass is 10.0. The standard InChI is InChI=1S/C23H20F3N3O5/c1-34-15-4-2-3-12(10-15)19(23(24,25)26)28-20(31)13-5-6-16-14(9-13)11-29(22(16)33)17-7-8-18(30)27-21(17)32/h2-6,9-10,17,19H,7-8,11H2,1H3,(H,28,31)(H,27,30,32)/t17?,19-/m1/s1. The predicted octanol–water partition coefficient (Wildman–Crippen LogP) is 2.49. The van der Waals surface area contributed by atoms with Crippen molar-refractivity contribution < 1.29 is 37.1 Å². The zero-order valence-corrected chi connectivity index (χ0v) is 17.9. The lowest BCUT2D eigenvalue weighted by molar-refractivity contribution is -0.155. The Bertz CT molecular complexity index is 1180. The van der Waals surface area contributed by atoms with E-state index in [2.05, 4.69) is 5.32 Å². The second-order valence-electron chi connectivity index (χ2n) is 8.00. The Kier molecular flexibility index (Phi) is 6.03. The summed E-state index contributed by atoms with van der Waals surface area (Å²) in [6, 6.07) is 6.16. The van der Waals surface area contributed by atoms with Gasteiger partial charge in [-0.3, -0.25) is 24.5 Å². The minimum Gasteiger partial charge on any atom is -0.497 e. The molecule has 1 fully saturated rings. The van der Waals surface area contributed by atoms with Crippen LogP contribution in [0.5, 0.6) is 5.75 Å². The Morgan fingerprint density at radius 3 is 2.62 bits per heavy atom. The molecule has 2 aliphatic heterocycles. The third-order valence-electron chi connectivity index (χ3n) is 5.82. The van der Waals surface area contributed by atoms with Crippen LogP contribution in [0.4, 0.5) is 13.2 Å². The number of rotatable bonds is 5. The van der Waals surface area contributed by atoms with Crippen LogP contribution in [0.2, 0.25) is 0 Å². The number of fused-ring (bicyclic) bond motifs is 1. The van der Waals surface area contributed by atoms with Crippen molar-refractivity contribution in [3.63, 3.8) is 0 Å². The Balaban J connectivity index is 1.55. The maximum atomic E-state index is 13.7. The number of ether oxygens (including phenoxy) is 1. The molecule has 2 aromatic rings. The van der Waals surface area contributed by atoms with Gasteiger partial charge in [0.05, 0.1) is 7.11 Å². The Hall–Kier alpha value is -3.89. The molecule has 178 valence electrons. The fraction of sp³-hybridized carbons (Fsp3) is 0.304. The first-order valence-electron chi connectivity index (χ1n) is 10.4. The molecule has 2 heterocycles. The maximum absolute atomic E-state index is 13.7. The molecular formula is C23H20F3N3O5. The molecule has 11 heteroatoms. The van der Waals surface area contributed by atoms with Crippen LogP contribution in [-0.4, -0.2) is 47.9 Å². The summed E-state index contributed by atoms with van der Waals surface area (Å²) >= 11 is 0. The SMILES string of the molecule is COc1cccc([C@@H](NC(=O)c2ccc3c(c2)CN(C2CCC(=O)NC2=O)C3=O)C(F)(F)F)c1. The zero-order chi connectivity index (χ0) is 24.6. The second-order valence-corrected chi connectivity index (χ2v) is 8.00. The fourth-order valence-corrected chi connectivity index (χ4v) is 4.11. The summed E-state index contributed by atoms with van der Waals surface area (Å²) in [5, 5.41) is 4.20. The average Bonchev–Trinajstić information content (AvgIpc) is 3.12. The molecule has 2 atom stereocenters. The molecule has 4 rings (SSSR count). The number of carbonyl (C=O) groups excluding carboxylic acids is 4. The number of benzene rings is 2. The highest BCUT2D eigenvalue weighted by Crippen LogP contribution is 2.35. The number of nitrogens with one attached hydrogen (secondary N) is 2. The minimum atomic E-state index is -4.77. The van der Waals surface area contributed by atoms with E-state index in [0.717, 1.165) is 0 Å². The van der Waals surface area contributed by atoms with Gasteiger partial charge in [0.25, 0.3) is 11.8 Å². The predicted molar refractivity (Wildman–Crippen MR) is 112 cm³/mol. The number of alkyl halides is 3. The van der Waals surface area contributed by atoms with Crippen LogP contribution < -0.4 is 15.4 Å². The maximum Gasteiger partial charge on any atom is 0.412 e. The van der Waals surface area contributed by atoms with Crippen LogP contribution in [0.1, 0.15) is 50.7 Å². The van der Waals surface area contributed by atoms with Crippen molar-refractivity contribution in [3.8, 4) is 5.75 Å². The molecule has 1 unspecified atom stereocenters. The molecule has 2 aromatic carbocycles. The molecule has 2 N–H and O–H groups in total. The van der Waals surface area contributed by atoms with Crippen LogP contribution in [0.15, 0.2) is 42.5 Å². The first kappa shape index (κ1) is 23.3. The molecule has 0 bridgehead atoms. The number of halogens is 3. The highest BCUT2D eigenvalue weighted by atomic mass is 19.4. The lowest BCUT2D eigenvalue weighted by Crippen LogP contribution is -2.52. The van der Waals surface area contributed by atoms with Crippen LogP contribution in [0, 0.1) is 0 Å². The largest absolute Gasteiger partial charge is 0.497 e. The number of nitrogens with zero attached hydrogens (tertiary/aromatic N) is 1. The summed E-state index contributed by atoms with van der Waals surface area (Å²) in [4.78, 5) is 50.3. The van der Waals surface area contributed by atoms with Crippen LogP contribution >= 0.6 is 0 Å². The van der Waals surface area contributed by atoms with E-state index in [9.17, 15) is 32.3 Å². The zero-order valence-electron chi connectivity index (χ0n) is 17.9. The number of piperidine rings is 1. The Labute approximate surface area is 192 Å². The van der Waals surface area contributed by atoms with E-state index >= 15 is 0 Å². The van der Waals surface area contributed by atoms with Crippen molar-refractivity contribution in [2.75, 3.05) is 7.11 Å². The summed E-state index contributed by atoms with van der Waals surface area (Å²) in [5.74, 6) is -2.20. The van der Waals surface area contributed by atoms with Gasteiger partial charge >= 0.3 is 6.18 Å². The number of carbonyl (C=O) groups is 4. The van der Waals surface area contributed by atoms with Gasteiger partial charge in [0, 0.05) is 24.1 Å². The smallest absolute Gasteiger partial charge is 0.412 e. The first-order chi connectivity index (χ1) is 16.1. The van der Waals surface area contributed by atoms with Crippen molar-refractivity contribution in [3.05, 3.63) is 64.7 Å². The van der Waals surface area contributed by atoms with Gasteiger partial charge in [-0.15, -0.1) is 0 Å². The molecule has 1 saturated heterocycles. The minimum absolute atomic E-state index is 0.000146. The molecule has 0 aromatic heterocycles. The molecule has 8 nitrogen and oxygen atoms in total. The number of hydrogen-bond acceptors (Lipinski definition) is 5. The summed E-state index contributed by atoms with van der Waals surface area (Å²) in [6.45, 7) is 0.000146. The Morgan fingerprint density at radius 1 is 1.18 bits per heavy atom. The quantitative estimate of drug-likeness (QED) is 0.647. The van der Waals surface area contributed by atoms with Crippen LogP contribution in [0.3, 0.4) is 0 Å². The van der Waals surface area contributed by atoms with E-state index in [1.807, 2.05) is 5.32 Å². The summed E-state index contributed by atoms with van der Waals surface area (Å²) in [5.41, 5.74) is 0.406. The second kappa shape index (κ2) is 8.81. The van der Waals surface area contributed by atoms with Crippen molar-refractivity contribution in [1.82, 2.24) is 15.5 Å². The van der Waals surface area contributed by atoms with Gasteiger partial charge in [0.15, 0.2) is 6.04 Å². The van der Waals surface area contributed by atoms with Crippen molar-refractivity contribution >= 4 is 23.6 Å². The molecule has 0 saturated carbocycles. The average molecular weight is 475 g/mol. The summed E-state index contributed by atoms with van der Waals surface area (Å²) in [7, 11) is 1.32. The first-order valence-corrected chi connectivity index (χ1v) is 10.4. The number of hydrogen-bond donors (Lipinski definition) is 2. The topological polar surface area (TPSA) is 105 Å². The normalized spacial score (nSPS) is 18.9. The van der Waals surface area contributed by atoms with Gasteiger partial charge in [0.2, 0.25) is 11.8 Å². The van der Waals surface area contributed by atoms with E-state index in [0.29, 0.717) is 5.56 Å². The molecule has 2 aliphatic rings. The van der Waals surface area contributed by atoms with Crippen molar-refractivity contribution in [1.29, 1.82) is 0 Å². The van der Waals surface area contributed by atoms with Crippen molar-refractivity contribution in [2.24, 2.45) is 0 Å². The molecule has 0 radical (unpaired) electrons. The van der Waals surface area contributed by atoms with E-state index in [4.69, 9.17) is 4.74 Å². The lowest BCUT2D eigenvalue weighted by Gasteiger charge is -2.29. The molecule has 4 amide bonds. The van der Waals surface area contributed by atoms with E-state index in [1.54, 1.807) is 0 Å². The monoisotopic (exact) mass is 475 g/mol. The third kappa shape index (κ3) is 4.45. The number of amides is 4.